The molecule has 172 valence electrons. The van der Waals surface area contributed by atoms with Gasteiger partial charge in [-0.3, -0.25) is 9.59 Å². The van der Waals surface area contributed by atoms with Crippen LogP contribution in [-0.4, -0.2) is 46.0 Å². The molecule has 0 unspecified atom stereocenters. The molecule has 2 aromatic carbocycles. The van der Waals surface area contributed by atoms with Crippen LogP contribution in [0.4, 0.5) is 0 Å². The molecule has 34 heavy (non-hydrogen) atoms. The molecule has 0 heterocycles. The van der Waals surface area contributed by atoms with E-state index in [4.69, 9.17) is 12.8 Å². The number of hydrogen-bond donors (Lipinski definition) is 4. The summed E-state index contributed by atoms with van der Waals surface area (Å²) >= 11 is 0. The van der Waals surface area contributed by atoms with E-state index >= 15 is 0 Å². The fraction of sp³-hybridized carbons (Fsp3) is 0.231. The van der Waals surface area contributed by atoms with E-state index in [0.717, 1.165) is 0 Å². The number of carboxylic acids is 2. The van der Waals surface area contributed by atoms with Gasteiger partial charge in [-0.05, 0) is 62.1 Å². The zero-order valence-corrected chi connectivity index (χ0v) is 18.1. The van der Waals surface area contributed by atoms with Crippen molar-refractivity contribution in [1.82, 2.24) is 10.6 Å². The van der Waals surface area contributed by atoms with Crippen molar-refractivity contribution in [2.75, 3.05) is 0 Å². The maximum atomic E-state index is 12.7. The third-order valence-corrected chi connectivity index (χ3v) is 5.72. The molecule has 1 aliphatic carbocycles. The molecule has 2 amide bonds. The van der Waals surface area contributed by atoms with Gasteiger partial charge in [0.25, 0.3) is 11.8 Å². The van der Waals surface area contributed by atoms with Crippen LogP contribution in [0.2, 0.25) is 0 Å². The number of carbonyl (C=O) groups excluding carboxylic acids is 2. The number of rotatable bonds is 6. The van der Waals surface area contributed by atoms with Crippen molar-refractivity contribution < 1.29 is 29.4 Å². The van der Waals surface area contributed by atoms with Crippen LogP contribution in [0.5, 0.6) is 0 Å². The van der Waals surface area contributed by atoms with E-state index in [-0.39, 0.29) is 34.3 Å². The molecule has 0 atom stereocenters. The number of aromatic carboxylic acids is 2. The Kier molecular flexibility index (Phi) is 7.35. The highest BCUT2D eigenvalue weighted by atomic mass is 16.4. The van der Waals surface area contributed by atoms with Gasteiger partial charge in [0.15, 0.2) is 0 Å². The summed E-state index contributed by atoms with van der Waals surface area (Å²) in [7, 11) is 0. The fourth-order valence-electron chi connectivity index (χ4n) is 3.93. The van der Waals surface area contributed by atoms with Gasteiger partial charge in [-0.25, -0.2) is 9.59 Å². The molecule has 0 spiro atoms. The Balaban J connectivity index is 1.63. The highest BCUT2D eigenvalue weighted by Gasteiger charge is 2.27. The Morgan fingerprint density at radius 2 is 1.03 bits per heavy atom. The predicted molar refractivity (Wildman–Crippen MR) is 124 cm³/mol. The second kappa shape index (κ2) is 10.4. The van der Waals surface area contributed by atoms with E-state index < -0.39 is 23.8 Å². The van der Waals surface area contributed by atoms with Crippen LogP contribution in [0.3, 0.4) is 0 Å². The Morgan fingerprint density at radius 3 is 1.32 bits per heavy atom. The number of carbonyl (C=O) groups is 4. The summed E-state index contributed by atoms with van der Waals surface area (Å²) in [6.07, 6.45) is 12.9. The van der Waals surface area contributed by atoms with Gasteiger partial charge in [0.1, 0.15) is 0 Å². The lowest BCUT2D eigenvalue weighted by Crippen LogP contribution is -2.44. The van der Waals surface area contributed by atoms with E-state index in [9.17, 15) is 29.4 Å². The van der Waals surface area contributed by atoms with E-state index in [1.54, 1.807) is 0 Å². The third kappa shape index (κ3) is 5.43. The minimum Gasteiger partial charge on any atom is -0.478 e. The maximum Gasteiger partial charge on any atom is 0.336 e. The molecule has 0 saturated heterocycles. The number of hydrogen-bond acceptors (Lipinski definition) is 4. The molecule has 0 bridgehead atoms. The van der Waals surface area contributed by atoms with Crippen molar-refractivity contribution in [3.63, 3.8) is 0 Å². The second-order valence-electron chi connectivity index (χ2n) is 7.92. The van der Waals surface area contributed by atoms with Crippen molar-refractivity contribution in [1.29, 1.82) is 0 Å². The standard InChI is InChI=1S/C26H22N2O6/c1-3-15-5-11-19(25(31)32)21(13-15)23(29)27-17-7-9-18(10-8-17)28-24(30)22-14-16(4-2)6-12-20(22)26(33)34/h1-2,5-6,11-14,17-18H,7-10H2,(H,27,29)(H,28,30)(H,31,32)(H,33,34). The lowest BCUT2D eigenvalue weighted by Gasteiger charge is -2.30. The molecule has 4 N–H and O–H groups in total. The van der Waals surface area contributed by atoms with E-state index in [1.165, 1.54) is 36.4 Å². The van der Waals surface area contributed by atoms with Crippen LogP contribution < -0.4 is 10.6 Å². The fourth-order valence-corrected chi connectivity index (χ4v) is 3.93. The molecular weight excluding hydrogens is 436 g/mol. The van der Waals surface area contributed by atoms with Crippen molar-refractivity contribution in [3.8, 4) is 24.7 Å². The average molecular weight is 458 g/mol. The van der Waals surface area contributed by atoms with Crippen molar-refractivity contribution in [3.05, 3.63) is 69.8 Å². The van der Waals surface area contributed by atoms with Gasteiger partial charge in [-0.15, -0.1) is 12.8 Å². The number of carboxylic acid groups (broad SMARTS) is 2. The minimum absolute atomic E-state index is 0.00651. The number of benzene rings is 2. The largest absolute Gasteiger partial charge is 0.478 e. The molecular formula is C26H22N2O6. The summed E-state index contributed by atoms with van der Waals surface area (Å²) in [5.41, 5.74) is 0.509. The molecule has 8 heteroatoms. The lowest BCUT2D eigenvalue weighted by molar-refractivity contribution is 0.0681. The highest BCUT2D eigenvalue weighted by molar-refractivity contribution is 6.06. The first kappa shape index (κ1) is 24.1. The maximum absolute atomic E-state index is 12.7. The Bertz CT molecular complexity index is 1150. The van der Waals surface area contributed by atoms with Crippen LogP contribution >= 0.6 is 0 Å². The zero-order valence-electron chi connectivity index (χ0n) is 18.1. The van der Waals surface area contributed by atoms with Crippen LogP contribution in [0.15, 0.2) is 36.4 Å². The molecule has 1 aliphatic rings. The second-order valence-corrected chi connectivity index (χ2v) is 7.92. The van der Waals surface area contributed by atoms with Gasteiger partial charge in [-0.2, -0.15) is 0 Å². The van der Waals surface area contributed by atoms with Gasteiger partial charge >= 0.3 is 11.9 Å². The SMILES string of the molecule is C#Cc1ccc(C(=O)O)c(C(=O)NC2CCC(NC(=O)c3cc(C#C)ccc3C(=O)O)CC2)c1. The number of terminal acetylenes is 2. The van der Waals surface area contributed by atoms with Gasteiger partial charge in [-0.1, -0.05) is 11.8 Å². The molecule has 1 fully saturated rings. The summed E-state index contributed by atoms with van der Waals surface area (Å²) in [6, 6.07) is 7.85. The van der Waals surface area contributed by atoms with Crippen LogP contribution in [0, 0.1) is 24.7 Å². The van der Waals surface area contributed by atoms with Gasteiger partial charge in [0.2, 0.25) is 0 Å². The Hall–Kier alpha value is -4.56. The molecule has 0 radical (unpaired) electrons. The third-order valence-electron chi connectivity index (χ3n) is 5.72. The topological polar surface area (TPSA) is 133 Å². The van der Waals surface area contributed by atoms with Crippen molar-refractivity contribution >= 4 is 23.8 Å². The minimum atomic E-state index is -1.23. The monoisotopic (exact) mass is 458 g/mol. The number of nitrogens with one attached hydrogen (secondary N) is 2. The van der Waals surface area contributed by atoms with E-state index in [0.29, 0.717) is 36.8 Å². The number of amides is 2. The van der Waals surface area contributed by atoms with Gasteiger partial charge in [0, 0.05) is 23.2 Å². The first-order valence-corrected chi connectivity index (χ1v) is 10.5. The summed E-state index contributed by atoms with van der Waals surface area (Å²) < 4.78 is 0. The quantitative estimate of drug-likeness (QED) is 0.492. The Morgan fingerprint density at radius 1 is 0.676 bits per heavy atom. The normalized spacial score (nSPS) is 17.0. The van der Waals surface area contributed by atoms with Crippen molar-refractivity contribution in [2.24, 2.45) is 0 Å². The first-order valence-electron chi connectivity index (χ1n) is 10.5. The summed E-state index contributed by atoms with van der Waals surface area (Å²) in [6.45, 7) is 0. The lowest BCUT2D eigenvalue weighted by atomic mass is 9.90. The molecule has 0 aromatic heterocycles. The molecule has 2 aromatic rings. The molecule has 8 nitrogen and oxygen atoms in total. The van der Waals surface area contributed by atoms with Gasteiger partial charge < -0.3 is 20.8 Å². The van der Waals surface area contributed by atoms with Crippen molar-refractivity contribution in [2.45, 2.75) is 37.8 Å². The van der Waals surface area contributed by atoms with E-state index in [1.807, 2.05) is 0 Å². The zero-order chi connectivity index (χ0) is 24.8. The van der Waals surface area contributed by atoms with Crippen LogP contribution in [-0.2, 0) is 0 Å². The summed E-state index contributed by atoms with van der Waals surface area (Å²) in [5.74, 6) is 1.26. The molecule has 0 aliphatic heterocycles. The van der Waals surface area contributed by atoms with Crippen LogP contribution in [0.1, 0.15) is 78.2 Å². The summed E-state index contributed by atoms with van der Waals surface area (Å²) in [5, 5.41) is 24.4. The molecule has 3 rings (SSSR count). The van der Waals surface area contributed by atoms with Gasteiger partial charge in [0.05, 0.1) is 22.3 Å². The smallest absolute Gasteiger partial charge is 0.336 e. The first-order chi connectivity index (χ1) is 16.2. The summed E-state index contributed by atoms with van der Waals surface area (Å²) in [4.78, 5) is 48.4. The average Bonchev–Trinajstić information content (AvgIpc) is 2.84. The highest BCUT2D eigenvalue weighted by Crippen LogP contribution is 2.21. The van der Waals surface area contributed by atoms with E-state index in [2.05, 4.69) is 22.5 Å². The predicted octanol–water partition coefficient (Wildman–Crippen LogP) is 2.52. The molecule has 1 saturated carbocycles. The van der Waals surface area contributed by atoms with Crippen LogP contribution in [0.25, 0.3) is 0 Å². The Labute approximate surface area is 196 Å².